The van der Waals surface area contributed by atoms with Crippen molar-refractivity contribution >= 4 is 0 Å². The molecule has 3 N–H and O–H groups in total. The highest BCUT2D eigenvalue weighted by molar-refractivity contribution is 5.26. The average Bonchev–Trinajstić information content (AvgIpc) is 2.17. The first-order chi connectivity index (χ1) is 6.95. The van der Waals surface area contributed by atoms with Crippen molar-refractivity contribution in [2.75, 3.05) is 6.54 Å². The molecule has 0 aliphatic carbocycles. The van der Waals surface area contributed by atoms with Crippen LogP contribution in [0.1, 0.15) is 30.6 Å². The Balaban J connectivity index is 2.81. The molecular formula is C11H15F2NO. The second kappa shape index (κ2) is 4.68. The van der Waals surface area contributed by atoms with Crippen LogP contribution in [0.3, 0.4) is 0 Å². The summed E-state index contributed by atoms with van der Waals surface area (Å²) in [6, 6.07) is 5.67. The van der Waals surface area contributed by atoms with E-state index in [1.54, 1.807) is 0 Å². The summed E-state index contributed by atoms with van der Waals surface area (Å²) in [5.41, 5.74) is 5.86. The highest BCUT2D eigenvalue weighted by Gasteiger charge is 2.23. The molecule has 0 aliphatic rings. The first-order valence-electron chi connectivity index (χ1n) is 4.81. The molecule has 0 bridgehead atoms. The molecule has 15 heavy (non-hydrogen) atoms. The Kier molecular flexibility index (Phi) is 3.77. The fourth-order valence-electron chi connectivity index (χ4n) is 1.32. The number of benzene rings is 1. The summed E-state index contributed by atoms with van der Waals surface area (Å²) < 4.78 is 25.7. The summed E-state index contributed by atoms with van der Waals surface area (Å²) in [5, 5.41) is 9.55. The summed E-state index contributed by atoms with van der Waals surface area (Å²) in [4.78, 5) is 0. The monoisotopic (exact) mass is 215 g/mol. The molecule has 0 spiro atoms. The SMILES string of the molecule is CC(F)(F)c1ccc(C(O)CCN)cc1. The van der Waals surface area contributed by atoms with E-state index >= 15 is 0 Å². The summed E-state index contributed by atoms with van der Waals surface area (Å²) in [6.07, 6.45) is -0.239. The predicted octanol–water partition coefficient (Wildman–Crippen LogP) is 2.18. The number of hydrogen-bond donors (Lipinski definition) is 2. The van der Waals surface area contributed by atoms with E-state index in [1.807, 2.05) is 0 Å². The van der Waals surface area contributed by atoms with E-state index in [-0.39, 0.29) is 5.56 Å². The molecule has 0 amide bonds. The van der Waals surface area contributed by atoms with Crippen LogP contribution in [0, 0.1) is 0 Å². The van der Waals surface area contributed by atoms with Crippen molar-refractivity contribution in [1.82, 2.24) is 0 Å². The van der Waals surface area contributed by atoms with Gasteiger partial charge in [-0.3, -0.25) is 0 Å². The zero-order valence-electron chi connectivity index (χ0n) is 8.58. The number of halogens is 2. The Morgan fingerprint density at radius 1 is 1.33 bits per heavy atom. The third-order valence-electron chi connectivity index (χ3n) is 2.24. The molecule has 0 aromatic heterocycles. The number of aliphatic hydroxyl groups excluding tert-OH is 1. The molecule has 1 unspecified atom stereocenters. The van der Waals surface area contributed by atoms with Gasteiger partial charge < -0.3 is 10.8 Å². The van der Waals surface area contributed by atoms with Gasteiger partial charge in [0, 0.05) is 12.5 Å². The summed E-state index contributed by atoms with van der Waals surface area (Å²) in [6.45, 7) is 1.21. The normalized spacial score (nSPS) is 13.9. The van der Waals surface area contributed by atoms with Crippen LogP contribution in [0.4, 0.5) is 8.78 Å². The van der Waals surface area contributed by atoms with E-state index in [1.165, 1.54) is 24.3 Å². The lowest BCUT2D eigenvalue weighted by Gasteiger charge is -2.13. The molecule has 0 radical (unpaired) electrons. The van der Waals surface area contributed by atoms with Crippen molar-refractivity contribution < 1.29 is 13.9 Å². The topological polar surface area (TPSA) is 46.2 Å². The maximum absolute atomic E-state index is 12.9. The summed E-state index contributed by atoms with van der Waals surface area (Å²) in [7, 11) is 0. The summed E-state index contributed by atoms with van der Waals surface area (Å²) in [5.74, 6) is -2.84. The smallest absolute Gasteiger partial charge is 0.270 e. The van der Waals surface area contributed by atoms with Gasteiger partial charge in [0.15, 0.2) is 0 Å². The van der Waals surface area contributed by atoms with Gasteiger partial charge in [0.2, 0.25) is 0 Å². The Bertz CT molecular complexity index is 305. The predicted molar refractivity (Wildman–Crippen MR) is 54.6 cm³/mol. The van der Waals surface area contributed by atoms with Crippen molar-refractivity contribution in [1.29, 1.82) is 0 Å². The van der Waals surface area contributed by atoms with E-state index in [4.69, 9.17) is 5.73 Å². The molecule has 0 saturated carbocycles. The third-order valence-corrected chi connectivity index (χ3v) is 2.24. The summed E-state index contributed by atoms with van der Waals surface area (Å²) >= 11 is 0. The molecule has 2 nitrogen and oxygen atoms in total. The minimum Gasteiger partial charge on any atom is -0.388 e. The van der Waals surface area contributed by atoms with Gasteiger partial charge >= 0.3 is 0 Å². The first-order valence-corrected chi connectivity index (χ1v) is 4.81. The lowest BCUT2D eigenvalue weighted by atomic mass is 10.0. The van der Waals surface area contributed by atoms with Gasteiger partial charge in [-0.15, -0.1) is 0 Å². The number of rotatable bonds is 4. The van der Waals surface area contributed by atoms with Gasteiger partial charge in [0.25, 0.3) is 5.92 Å². The maximum atomic E-state index is 12.9. The van der Waals surface area contributed by atoms with E-state index < -0.39 is 12.0 Å². The van der Waals surface area contributed by atoms with Crippen LogP contribution in [0.2, 0.25) is 0 Å². The molecule has 1 rings (SSSR count). The molecule has 0 saturated heterocycles. The molecule has 0 heterocycles. The van der Waals surface area contributed by atoms with Crippen LogP contribution in [-0.2, 0) is 5.92 Å². The largest absolute Gasteiger partial charge is 0.388 e. The number of nitrogens with two attached hydrogens (primary N) is 1. The Morgan fingerprint density at radius 3 is 2.27 bits per heavy atom. The maximum Gasteiger partial charge on any atom is 0.270 e. The molecular weight excluding hydrogens is 200 g/mol. The van der Waals surface area contributed by atoms with Crippen LogP contribution in [-0.4, -0.2) is 11.7 Å². The Morgan fingerprint density at radius 2 is 1.87 bits per heavy atom. The first kappa shape index (κ1) is 12.1. The fourth-order valence-corrected chi connectivity index (χ4v) is 1.32. The van der Waals surface area contributed by atoms with Crippen LogP contribution in [0.5, 0.6) is 0 Å². The Hall–Kier alpha value is -1.00. The van der Waals surface area contributed by atoms with Gasteiger partial charge in [0.05, 0.1) is 6.10 Å². The van der Waals surface area contributed by atoms with Crippen molar-refractivity contribution in [2.45, 2.75) is 25.4 Å². The molecule has 1 aromatic carbocycles. The molecule has 1 aromatic rings. The van der Waals surface area contributed by atoms with Crippen LogP contribution in [0.25, 0.3) is 0 Å². The van der Waals surface area contributed by atoms with Gasteiger partial charge in [-0.25, -0.2) is 8.78 Å². The molecule has 84 valence electrons. The zero-order valence-corrected chi connectivity index (χ0v) is 8.58. The van der Waals surface area contributed by atoms with Crippen molar-refractivity contribution in [3.63, 3.8) is 0 Å². The number of alkyl halides is 2. The standard InChI is InChI=1S/C11H15F2NO/c1-11(12,13)9-4-2-8(3-5-9)10(15)6-7-14/h2-5,10,15H,6-7,14H2,1H3. The molecule has 4 heteroatoms. The Labute approximate surface area is 87.7 Å². The van der Waals surface area contributed by atoms with Gasteiger partial charge in [-0.1, -0.05) is 24.3 Å². The van der Waals surface area contributed by atoms with Gasteiger partial charge in [-0.05, 0) is 18.5 Å². The molecule has 0 aliphatic heterocycles. The van der Waals surface area contributed by atoms with Crippen LogP contribution >= 0.6 is 0 Å². The van der Waals surface area contributed by atoms with Crippen molar-refractivity contribution in [3.8, 4) is 0 Å². The molecule has 1 atom stereocenters. The number of aliphatic hydroxyl groups is 1. The minimum atomic E-state index is -2.84. The highest BCUT2D eigenvalue weighted by Crippen LogP contribution is 2.28. The quantitative estimate of drug-likeness (QED) is 0.808. The molecule has 0 fully saturated rings. The second-order valence-electron chi connectivity index (χ2n) is 3.60. The van der Waals surface area contributed by atoms with Crippen LogP contribution < -0.4 is 5.73 Å². The van der Waals surface area contributed by atoms with E-state index in [0.717, 1.165) is 6.92 Å². The zero-order chi connectivity index (χ0) is 11.5. The third kappa shape index (κ3) is 3.25. The highest BCUT2D eigenvalue weighted by atomic mass is 19.3. The van der Waals surface area contributed by atoms with Crippen molar-refractivity contribution in [2.24, 2.45) is 5.73 Å². The van der Waals surface area contributed by atoms with Crippen molar-refractivity contribution in [3.05, 3.63) is 35.4 Å². The van der Waals surface area contributed by atoms with Crippen LogP contribution in [0.15, 0.2) is 24.3 Å². The second-order valence-corrected chi connectivity index (χ2v) is 3.60. The fraction of sp³-hybridized carbons (Fsp3) is 0.455. The van der Waals surface area contributed by atoms with E-state index in [2.05, 4.69) is 0 Å². The average molecular weight is 215 g/mol. The number of hydrogen-bond acceptors (Lipinski definition) is 2. The van der Waals surface area contributed by atoms with Gasteiger partial charge in [0.1, 0.15) is 0 Å². The lowest BCUT2D eigenvalue weighted by Crippen LogP contribution is -2.09. The van der Waals surface area contributed by atoms with Gasteiger partial charge in [-0.2, -0.15) is 0 Å². The van der Waals surface area contributed by atoms with E-state index in [0.29, 0.717) is 18.5 Å². The lowest BCUT2D eigenvalue weighted by molar-refractivity contribution is 0.0174. The minimum absolute atomic E-state index is 0.0498. The van der Waals surface area contributed by atoms with E-state index in [9.17, 15) is 13.9 Å².